The predicted molar refractivity (Wildman–Crippen MR) is 122 cm³/mol. The molecule has 0 atom stereocenters. The largest absolute Gasteiger partial charge is 0.482 e. The quantitative estimate of drug-likeness (QED) is 0.435. The van der Waals surface area contributed by atoms with Gasteiger partial charge in [-0.3, -0.25) is 9.59 Å². The molecule has 0 heterocycles. The molecule has 0 unspecified atom stereocenters. The molecule has 0 saturated heterocycles. The van der Waals surface area contributed by atoms with Crippen molar-refractivity contribution in [3.63, 3.8) is 0 Å². The maximum absolute atomic E-state index is 12.4. The first-order chi connectivity index (χ1) is 13.9. The topological polar surface area (TPSA) is 67.4 Å². The van der Waals surface area contributed by atoms with E-state index < -0.39 is 0 Å². The molecule has 3 aromatic carbocycles. The van der Waals surface area contributed by atoms with Crippen LogP contribution in [0.1, 0.15) is 15.9 Å². The van der Waals surface area contributed by atoms with Crippen LogP contribution in [-0.4, -0.2) is 18.4 Å². The second-order valence-corrected chi connectivity index (χ2v) is 8.04. The predicted octanol–water partition coefficient (Wildman–Crippen LogP) is 5.79. The highest BCUT2D eigenvalue weighted by Gasteiger charge is 2.11. The van der Waals surface area contributed by atoms with Crippen LogP contribution in [0.5, 0.6) is 5.75 Å². The van der Waals surface area contributed by atoms with Crippen LogP contribution in [0.3, 0.4) is 0 Å². The van der Waals surface area contributed by atoms with Gasteiger partial charge in [0.15, 0.2) is 6.61 Å². The molecule has 2 amide bonds. The molecular formula is C22H18Br2N2O3. The molecule has 148 valence electrons. The van der Waals surface area contributed by atoms with Crippen LogP contribution >= 0.6 is 31.9 Å². The van der Waals surface area contributed by atoms with Gasteiger partial charge in [-0.15, -0.1) is 0 Å². The fourth-order valence-corrected chi connectivity index (χ4v) is 4.22. The van der Waals surface area contributed by atoms with Crippen molar-refractivity contribution >= 4 is 55.0 Å². The zero-order chi connectivity index (χ0) is 20.8. The second-order valence-electron chi connectivity index (χ2n) is 6.27. The third-order valence-electron chi connectivity index (χ3n) is 3.98. The number of benzene rings is 3. The number of halogens is 2. The molecule has 2 N–H and O–H groups in total. The van der Waals surface area contributed by atoms with Crippen LogP contribution in [0, 0.1) is 6.92 Å². The van der Waals surface area contributed by atoms with Crippen LogP contribution in [0.2, 0.25) is 0 Å². The molecule has 0 aromatic heterocycles. The Kier molecular flexibility index (Phi) is 7.06. The van der Waals surface area contributed by atoms with Gasteiger partial charge >= 0.3 is 0 Å². The van der Waals surface area contributed by atoms with Crippen molar-refractivity contribution < 1.29 is 14.3 Å². The highest BCUT2D eigenvalue weighted by Crippen LogP contribution is 2.32. The number of ether oxygens (including phenoxy) is 1. The Bertz CT molecular complexity index is 1020. The number of rotatable bonds is 6. The van der Waals surface area contributed by atoms with Crippen molar-refractivity contribution in [3.8, 4) is 5.75 Å². The van der Waals surface area contributed by atoms with Gasteiger partial charge in [-0.1, -0.05) is 40.2 Å². The fourth-order valence-electron chi connectivity index (χ4n) is 2.67. The van der Waals surface area contributed by atoms with Crippen LogP contribution in [0.25, 0.3) is 0 Å². The summed E-state index contributed by atoms with van der Waals surface area (Å²) in [6.45, 7) is 1.75. The normalized spacial score (nSPS) is 10.3. The van der Waals surface area contributed by atoms with Crippen LogP contribution in [0.15, 0.2) is 75.7 Å². The molecule has 7 heteroatoms. The molecule has 0 aliphatic carbocycles. The molecule has 5 nitrogen and oxygen atoms in total. The standard InChI is InChI=1S/C22H18Br2N2O3/c1-14-10-16(23)12-19(24)21(14)29-13-20(27)25-18-9-5-6-15(11-18)22(28)26-17-7-3-2-4-8-17/h2-12H,13H2,1H3,(H,25,27)(H,26,28). The molecule has 0 spiro atoms. The van der Waals surface area contributed by atoms with E-state index in [0.717, 1.165) is 14.5 Å². The highest BCUT2D eigenvalue weighted by atomic mass is 79.9. The Hall–Kier alpha value is -2.64. The van der Waals surface area contributed by atoms with E-state index in [1.165, 1.54) is 0 Å². The number of aryl methyl sites for hydroxylation is 1. The number of nitrogens with one attached hydrogen (secondary N) is 2. The first-order valence-corrected chi connectivity index (χ1v) is 10.4. The van der Waals surface area contributed by atoms with E-state index >= 15 is 0 Å². The number of carbonyl (C=O) groups excluding carboxylic acids is 2. The van der Waals surface area contributed by atoms with Gasteiger partial charge in [-0.25, -0.2) is 0 Å². The molecule has 0 aliphatic rings. The first-order valence-electron chi connectivity index (χ1n) is 8.77. The van der Waals surface area contributed by atoms with Crippen molar-refractivity contribution in [2.75, 3.05) is 17.2 Å². The minimum absolute atomic E-state index is 0.151. The minimum atomic E-state index is -0.320. The van der Waals surface area contributed by atoms with E-state index in [0.29, 0.717) is 22.7 Å². The van der Waals surface area contributed by atoms with E-state index in [2.05, 4.69) is 42.5 Å². The van der Waals surface area contributed by atoms with Crippen molar-refractivity contribution in [2.45, 2.75) is 6.92 Å². The average molecular weight is 518 g/mol. The van der Waals surface area contributed by atoms with Gasteiger partial charge in [0.2, 0.25) is 0 Å². The van der Waals surface area contributed by atoms with Gasteiger partial charge in [0.1, 0.15) is 5.75 Å². The molecule has 3 aromatic rings. The lowest BCUT2D eigenvalue weighted by Crippen LogP contribution is -2.21. The van der Waals surface area contributed by atoms with Gasteiger partial charge in [-0.05, 0) is 70.9 Å². The van der Waals surface area contributed by atoms with Crippen LogP contribution in [0.4, 0.5) is 11.4 Å². The molecular weight excluding hydrogens is 500 g/mol. The summed E-state index contributed by atoms with van der Waals surface area (Å²) >= 11 is 6.85. The summed E-state index contributed by atoms with van der Waals surface area (Å²) in [6.07, 6.45) is 0. The number of hydrogen-bond acceptors (Lipinski definition) is 3. The molecule has 0 fully saturated rings. The molecule has 3 rings (SSSR count). The van der Waals surface area contributed by atoms with Crippen molar-refractivity contribution in [2.24, 2.45) is 0 Å². The maximum atomic E-state index is 12.4. The van der Waals surface area contributed by atoms with E-state index in [1.54, 1.807) is 24.3 Å². The third-order valence-corrected chi connectivity index (χ3v) is 5.03. The van der Waals surface area contributed by atoms with Gasteiger partial charge in [0.05, 0.1) is 4.47 Å². The third kappa shape index (κ3) is 5.92. The number of carbonyl (C=O) groups is 2. The lowest BCUT2D eigenvalue weighted by molar-refractivity contribution is -0.118. The summed E-state index contributed by atoms with van der Waals surface area (Å²) in [6, 6.07) is 19.7. The van der Waals surface area contributed by atoms with E-state index in [-0.39, 0.29) is 18.4 Å². The molecule has 29 heavy (non-hydrogen) atoms. The number of hydrogen-bond donors (Lipinski definition) is 2. The zero-order valence-corrected chi connectivity index (χ0v) is 18.7. The SMILES string of the molecule is Cc1cc(Br)cc(Br)c1OCC(=O)Nc1cccc(C(=O)Nc2ccccc2)c1. The Morgan fingerprint density at radius 2 is 1.62 bits per heavy atom. The molecule has 0 radical (unpaired) electrons. The van der Waals surface area contributed by atoms with Crippen LogP contribution in [-0.2, 0) is 4.79 Å². The van der Waals surface area contributed by atoms with Crippen molar-refractivity contribution in [1.82, 2.24) is 0 Å². The number of para-hydroxylation sites is 1. The Morgan fingerprint density at radius 1 is 0.897 bits per heavy atom. The van der Waals surface area contributed by atoms with E-state index in [9.17, 15) is 9.59 Å². The number of anilines is 2. The average Bonchev–Trinajstić information content (AvgIpc) is 2.68. The van der Waals surface area contributed by atoms with Crippen LogP contribution < -0.4 is 15.4 Å². The van der Waals surface area contributed by atoms with Crippen molar-refractivity contribution in [3.05, 3.63) is 86.8 Å². The summed E-state index contributed by atoms with van der Waals surface area (Å²) in [5, 5.41) is 5.57. The van der Waals surface area contributed by atoms with Gasteiger partial charge in [-0.2, -0.15) is 0 Å². The summed E-state index contributed by atoms with van der Waals surface area (Å²) in [4.78, 5) is 24.7. The van der Waals surface area contributed by atoms with E-state index in [1.807, 2.05) is 49.4 Å². The monoisotopic (exact) mass is 516 g/mol. The lowest BCUT2D eigenvalue weighted by Gasteiger charge is -2.12. The van der Waals surface area contributed by atoms with Crippen molar-refractivity contribution in [1.29, 1.82) is 0 Å². The summed E-state index contributed by atoms with van der Waals surface area (Å²) in [5.74, 6) is 0.0390. The van der Waals surface area contributed by atoms with Gasteiger partial charge < -0.3 is 15.4 Å². The smallest absolute Gasteiger partial charge is 0.262 e. The minimum Gasteiger partial charge on any atom is -0.482 e. The molecule has 0 bridgehead atoms. The van der Waals surface area contributed by atoms with Gasteiger partial charge in [0.25, 0.3) is 11.8 Å². The highest BCUT2D eigenvalue weighted by molar-refractivity contribution is 9.11. The zero-order valence-electron chi connectivity index (χ0n) is 15.5. The van der Waals surface area contributed by atoms with E-state index in [4.69, 9.17) is 4.74 Å². The second kappa shape index (κ2) is 9.71. The summed E-state index contributed by atoms with van der Waals surface area (Å²) in [5.41, 5.74) is 2.57. The summed E-state index contributed by atoms with van der Waals surface area (Å²) < 4.78 is 7.34. The Labute approximate surface area is 185 Å². The molecule has 0 saturated carbocycles. The van der Waals surface area contributed by atoms with Gasteiger partial charge in [0, 0.05) is 21.4 Å². The Balaban J connectivity index is 1.61. The summed E-state index contributed by atoms with van der Waals surface area (Å²) in [7, 11) is 0. The lowest BCUT2D eigenvalue weighted by atomic mass is 10.2. The molecule has 0 aliphatic heterocycles. The first kappa shape index (κ1) is 21.1. The fraction of sp³-hybridized carbons (Fsp3) is 0.0909. The number of amides is 2. The Morgan fingerprint density at radius 3 is 2.34 bits per heavy atom. The maximum Gasteiger partial charge on any atom is 0.262 e.